The minimum absolute atomic E-state index is 0.250. The van der Waals surface area contributed by atoms with E-state index in [1.54, 1.807) is 24.5 Å². The van der Waals surface area contributed by atoms with Crippen molar-refractivity contribution in [3.05, 3.63) is 60.4 Å². The highest BCUT2D eigenvalue weighted by atomic mass is 32.1. The highest BCUT2D eigenvalue weighted by Gasteiger charge is 2.03. The van der Waals surface area contributed by atoms with E-state index in [-0.39, 0.29) is 10.9 Å². The van der Waals surface area contributed by atoms with Crippen LogP contribution in [-0.4, -0.2) is 21.1 Å². The van der Waals surface area contributed by atoms with Gasteiger partial charge in [0.15, 0.2) is 10.9 Å². The average Bonchev–Trinajstić information content (AvgIpc) is 2.47. The molecular formula is C13H12N4OS. The van der Waals surface area contributed by atoms with Gasteiger partial charge in [0.2, 0.25) is 0 Å². The number of hydrogen-bond donors (Lipinski definition) is 3. The van der Waals surface area contributed by atoms with Crippen molar-refractivity contribution in [2.75, 3.05) is 5.32 Å². The Morgan fingerprint density at radius 2 is 1.79 bits per heavy atom. The molecule has 0 radical (unpaired) electrons. The van der Waals surface area contributed by atoms with Gasteiger partial charge in [0.05, 0.1) is 0 Å². The van der Waals surface area contributed by atoms with E-state index in [4.69, 9.17) is 17.4 Å². The molecule has 5 nitrogen and oxygen atoms in total. The molecule has 0 aliphatic rings. The average molecular weight is 272 g/mol. The van der Waals surface area contributed by atoms with Crippen molar-refractivity contribution < 1.29 is 5.21 Å². The SMILES string of the molecule is ON/C(=N\C(=S)Nc1ccccc1)c1ccncc1. The number of benzene rings is 1. The van der Waals surface area contributed by atoms with Gasteiger partial charge in [-0.2, -0.15) is 0 Å². The number of pyridine rings is 1. The Bertz CT molecular complexity index is 572. The van der Waals surface area contributed by atoms with E-state index in [1.165, 1.54) is 0 Å². The molecule has 19 heavy (non-hydrogen) atoms. The van der Waals surface area contributed by atoms with Crippen LogP contribution in [0.15, 0.2) is 59.9 Å². The van der Waals surface area contributed by atoms with Crippen molar-refractivity contribution in [2.45, 2.75) is 0 Å². The summed E-state index contributed by atoms with van der Waals surface area (Å²) in [5, 5.41) is 12.3. The monoisotopic (exact) mass is 272 g/mol. The number of aromatic nitrogens is 1. The van der Waals surface area contributed by atoms with Gasteiger partial charge < -0.3 is 5.32 Å². The summed E-state index contributed by atoms with van der Waals surface area (Å²) in [7, 11) is 0. The van der Waals surface area contributed by atoms with Crippen LogP contribution in [0.4, 0.5) is 5.69 Å². The van der Waals surface area contributed by atoms with Crippen LogP contribution in [0, 0.1) is 0 Å². The summed E-state index contributed by atoms with van der Waals surface area (Å²) in [6.07, 6.45) is 3.21. The van der Waals surface area contributed by atoms with Gasteiger partial charge in [0, 0.05) is 23.6 Å². The summed E-state index contributed by atoms with van der Waals surface area (Å²) >= 11 is 5.11. The van der Waals surface area contributed by atoms with Gasteiger partial charge in [-0.3, -0.25) is 15.7 Å². The molecule has 1 aromatic heterocycles. The van der Waals surface area contributed by atoms with E-state index < -0.39 is 0 Å². The lowest BCUT2D eigenvalue weighted by molar-refractivity contribution is 0.235. The van der Waals surface area contributed by atoms with Crippen LogP contribution in [0.1, 0.15) is 5.56 Å². The van der Waals surface area contributed by atoms with Crippen molar-refractivity contribution in [3.63, 3.8) is 0 Å². The molecule has 0 unspecified atom stereocenters. The maximum absolute atomic E-state index is 9.11. The standard InChI is InChI=1S/C13H12N4OS/c18-17-12(10-6-8-14-9-7-10)16-13(19)15-11-4-2-1-3-5-11/h1-9,18H,(H2,15,16,17,19). The summed E-state index contributed by atoms with van der Waals surface area (Å²) in [5.41, 5.74) is 3.56. The molecule has 0 fully saturated rings. The van der Waals surface area contributed by atoms with E-state index in [2.05, 4.69) is 15.3 Å². The van der Waals surface area contributed by atoms with Crippen molar-refractivity contribution in [1.29, 1.82) is 0 Å². The number of nitrogens with one attached hydrogen (secondary N) is 2. The molecule has 3 N–H and O–H groups in total. The van der Waals surface area contributed by atoms with Gasteiger partial charge in [-0.1, -0.05) is 18.2 Å². The molecule has 0 saturated carbocycles. The smallest absolute Gasteiger partial charge is 0.199 e. The van der Waals surface area contributed by atoms with Crippen LogP contribution in [0.2, 0.25) is 0 Å². The first-order valence-corrected chi connectivity index (χ1v) is 5.95. The number of rotatable bonds is 2. The Hall–Kier alpha value is -2.31. The molecule has 0 bridgehead atoms. The minimum Gasteiger partial charge on any atom is -0.331 e. The zero-order valence-corrected chi connectivity index (χ0v) is 10.8. The number of thiocarbonyl (C=S) groups is 1. The predicted octanol–water partition coefficient (Wildman–Crippen LogP) is 2.20. The number of aliphatic imine (C=N–C) groups is 1. The van der Waals surface area contributed by atoms with E-state index in [1.807, 2.05) is 35.8 Å². The second-order valence-electron chi connectivity index (χ2n) is 3.60. The third kappa shape index (κ3) is 3.84. The van der Waals surface area contributed by atoms with Crippen molar-refractivity contribution in [1.82, 2.24) is 10.5 Å². The fourth-order valence-corrected chi connectivity index (χ4v) is 1.65. The molecule has 0 spiro atoms. The van der Waals surface area contributed by atoms with Crippen LogP contribution in [0.3, 0.4) is 0 Å². The fourth-order valence-electron chi connectivity index (χ4n) is 1.44. The Morgan fingerprint density at radius 3 is 2.42 bits per heavy atom. The number of para-hydroxylation sites is 1. The van der Waals surface area contributed by atoms with E-state index in [0.717, 1.165) is 5.69 Å². The summed E-state index contributed by atoms with van der Waals surface area (Å²) in [6, 6.07) is 12.9. The number of amidine groups is 1. The first-order valence-electron chi connectivity index (χ1n) is 5.55. The normalized spacial score (nSPS) is 10.9. The van der Waals surface area contributed by atoms with Crippen LogP contribution in [0.25, 0.3) is 0 Å². The highest BCUT2D eigenvalue weighted by molar-refractivity contribution is 7.80. The van der Waals surface area contributed by atoms with Crippen molar-refractivity contribution in [2.24, 2.45) is 4.99 Å². The Kier molecular flexibility index (Phi) is 4.54. The number of hydroxylamine groups is 1. The largest absolute Gasteiger partial charge is 0.331 e. The second kappa shape index (κ2) is 6.58. The first-order chi connectivity index (χ1) is 9.29. The van der Waals surface area contributed by atoms with Crippen molar-refractivity contribution >= 4 is 28.9 Å². The number of hydrogen-bond acceptors (Lipinski definition) is 3. The minimum atomic E-state index is 0.250. The second-order valence-corrected chi connectivity index (χ2v) is 3.99. The van der Waals surface area contributed by atoms with Gasteiger partial charge in [-0.25, -0.2) is 4.99 Å². The van der Waals surface area contributed by atoms with Crippen LogP contribution in [0.5, 0.6) is 0 Å². The zero-order valence-electron chi connectivity index (χ0n) is 9.95. The maximum Gasteiger partial charge on any atom is 0.199 e. The first kappa shape index (κ1) is 13.1. The van der Waals surface area contributed by atoms with E-state index >= 15 is 0 Å². The lowest BCUT2D eigenvalue weighted by Gasteiger charge is -2.07. The molecule has 0 atom stereocenters. The zero-order chi connectivity index (χ0) is 13.5. The lowest BCUT2D eigenvalue weighted by Crippen LogP contribution is -2.23. The maximum atomic E-state index is 9.11. The summed E-state index contributed by atoms with van der Waals surface area (Å²) < 4.78 is 0. The topological polar surface area (TPSA) is 69.5 Å². The molecule has 1 aromatic carbocycles. The summed E-state index contributed by atoms with van der Waals surface area (Å²) in [5.74, 6) is 0.260. The Morgan fingerprint density at radius 1 is 1.11 bits per heavy atom. The van der Waals surface area contributed by atoms with Gasteiger partial charge >= 0.3 is 0 Å². The van der Waals surface area contributed by atoms with Crippen LogP contribution in [-0.2, 0) is 0 Å². The van der Waals surface area contributed by atoms with Gasteiger partial charge in [-0.15, -0.1) is 0 Å². The molecule has 6 heteroatoms. The van der Waals surface area contributed by atoms with Crippen molar-refractivity contribution in [3.8, 4) is 0 Å². The fraction of sp³-hybridized carbons (Fsp3) is 0. The van der Waals surface area contributed by atoms with Gasteiger partial charge in [0.25, 0.3) is 0 Å². The van der Waals surface area contributed by atoms with Gasteiger partial charge in [-0.05, 0) is 36.5 Å². The molecular weight excluding hydrogens is 260 g/mol. The van der Waals surface area contributed by atoms with E-state index in [0.29, 0.717) is 5.56 Å². The summed E-state index contributed by atoms with van der Waals surface area (Å²) in [6.45, 7) is 0. The Labute approximate surface area is 116 Å². The number of nitrogens with zero attached hydrogens (tertiary/aromatic N) is 2. The predicted molar refractivity (Wildman–Crippen MR) is 78.4 cm³/mol. The molecule has 0 saturated heterocycles. The van der Waals surface area contributed by atoms with Crippen LogP contribution >= 0.6 is 12.2 Å². The molecule has 2 aromatic rings. The summed E-state index contributed by atoms with van der Waals surface area (Å²) in [4.78, 5) is 8.00. The molecule has 96 valence electrons. The highest BCUT2D eigenvalue weighted by Crippen LogP contribution is 2.06. The van der Waals surface area contributed by atoms with E-state index in [9.17, 15) is 0 Å². The quantitative estimate of drug-likeness (QED) is 0.338. The Balaban J connectivity index is 2.13. The molecule has 2 rings (SSSR count). The third-order valence-electron chi connectivity index (χ3n) is 2.30. The third-order valence-corrected chi connectivity index (χ3v) is 2.49. The lowest BCUT2D eigenvalue weighted by atomic mass is 10.2. The molecule has 0 aliphatic heterocycles. The molecule has 1 heterocycles. The van der Waals surface area contributed by atoms with Crippen LogP contribution < -0.4 is 10.8 Å². The molecule has 0 amide bonds. The van der Waals surface area contributed by atoms with Gasteiger partial charge in [0.1, 0.15) is 0 Å². The molecule has 0 aliphatic carbocycles. The number of anilines is 1.